The first kappa shape index (κ1) is 16.5. The van der Waals surface area contributed by atoms with Gasteiger partial charge in [0, 0.05) is 6.20 Å². The monoisotopic (exact) mass is 366 g/mol. The fourth-order valence-electron chi connectivity index (χ4n) is 3.15. The Morgan fingerprint density at radius 1 is 1.16 bits per heavy atom. The zero-order valence-corrected chi connectivity index (χ0v) is 14.3. The average Bonchev–Trinajstić information content (AvgIpc) is 3.27. The smallest absolute Gasteiger partial charge is 0.223 e. The number of rotatable bonds is 5. The summed E-state index contributed by atoms with van der Waals surface area (Å²) in [6.45, 7) is 0.652. The maximum Gasteiger partial charge on any atom is 0.223 e. The summed E-state index contributed by atoms with van der Waals surface area (Å²) in [7, 11) is -3.32. The molecule has 25 heavy (non-hydrogen) atoms. The zero-order valence-electron chi connectivity index (χ0n) is 13.5. The third-order valence-electron chi connectivity index (χ3n) is 4.16. The van der Waals surface area contributed by atoms with E-state index in [2.05, 4.69) is 20.0 Å². The fourth-order valence-corrected chi connectivity index (χ4v) is 3.91. The number of nitrogens with one attached hydrogen (secondary N) is 2. The van der Waals surface area contributed by atoms with Crippen LogP contribution < -0.4 is 10.0 Å². The van der Waals surface area contributed by atoms with Crippen LogP contribution in [-0.4, -0.2) is 62.1 Å². The molecule has 2 aromatic rings. The van der Waals surface area contributed by atoms with E-state index in [1.165, 1.54) is 0 Å². The average molecular weight is 366 g/mol. The van der Waals surface area contributed by atoms with E-state index in [-0.39, 0.29) is 30.9 Å². The largest absolute Gasteiger partial charge is 0.463 e. The molecule has 2 fully saturated rings. The van der Waals surface area contributed by atoms with Crippen LogP contribution in [0, 0.1) is 0 Å². The van der Waals surface area contributed by atoms with Gasteiger partial charge in [-0.05, 0) is 18.2 Å². The van der Waals surface area contributed by atoms with Crippen LogP contribution in [-0.2, 0) is 19.5 Å². The Kier molecular flexibility index (Phi) is 4.20. The normalized spacial score (nSPS) is 28.8. The Morgan fingerprint density at radius 3 is 2.64 bits per heavy atom. The predicted molar refractivity (Wildman–Crippen MR) is 88.4 cm³/mol. The van der Waals surface area contributed by atoms with Crippen LogP contribution in [0.4, 0.5) is 5.95 Å². The molecular formula is C15H18N4O5S. The van der Waals surface area contributed by atoms with Gasteiger partial charge >= 0.3 is 0 Å². The van der Waals surface area contributed by atoms with Crippen LogP contribution in [0.3, 0.4) is 0 Å². The van der Waals surface area contributed by atoms with E-state index in [1.807, 2.05) is 6.07 Å². The third-order valence-corrected chi connectivity index (χ3v) is 4.89. The van der Waals surface area contributed by atoms with Gasteiger partial charge in [0.05, 0.1) is 37.8 Å². The molecule has 9 nitrogen and oxygen atoms in total. The van der Waals surface area contributed by atoms with Crippen molar-refractivity contribution in [2.45, 2.75) is 24.3 Å². The van der Waals surface area contributed by atoms with Crippen molar-refractivity contribution in [3.05, 3.63) is 30.7 Å². The SMILES string of the molecule is CS(=O)(=O)N[C@H]1CO[C@H]2[C@@H]1OC[C@@H]2Nc1nccc(-c2ccco2)n1. The second kappa shape index (κ2) is 6.37. The van der Waals surface area contributed by atoms with Crippen LogP contribution >= 0.6 is 0 Å². The van der Waals surface area contributed by atoms with Crippen molar-refractivity contribution in [2.75, 3.05) is 24.8 Å². The maximum atomic E-state index is 11.4. The van der Waals surface area contributed by atoms with Crippen molar-refractivity contribution in [3.8, 4) is 11.5 Å². The van der Waals surface area contributed by atoms with Crippen LogP contribution in [0.5, 0.6) is 0 Å². The Balaban J connectivity index is 1.45. The lowest BCUT2D eigenvalue weighted by molar-refractivity contribution is 0.0690. The number of sulfonamides is 1. The van der Waals surface area contributed by atoms with E-state index in [4.69, 9.17) is 13.9 Å². The molecule has 4 rings (SSSR count). The lowest BCUT2D eigenvalue weighted by Gasteiger charge is -2.18. The van der Waals surface area contributed by atoms with Gasteiger partial charge in [-0.25, -0.2) is 23.1 Å². The van der Waals surface area contributed by atoms with Gasteiger partial charge in [-0.15, -0.1) is 0 Å². The highest BCUT2D eigenvalue weighted by Crippen LogP contribution is 2.29. The molecule has 10 heteroatoms. The number of anilines is 1. The Hall–Kier alpha value is -2.01. The number of ether oxygens (including phenoxy) is 2. The molecule has 0 amide bonds. The van der Waals surface area contributed by atoms with Crippen LogP contribution in [0.25, 0.3) is 11.5 Å². The first-order valence-corrected chi connectivity index (χ1v) is 9.73. The number of hydrogen-bond donors (Lipinski definition) is 2. The molecule has 2 aliphatic rings. The highest BCUT2D eigenvalue weighted by molar-refractivity contribution is 7.88. The molecule has 0 aromatic carbocycles. The van der Waals surface area contributed by atoms with Crippen molar-refractivity contribution < 1.29 is 22.3 Å². The van der Waals surface area contributed by atoms with Gasteiger partial charge in [0.2, 0.25) is 16.0 Å². The van der Waals surface area contributed by atoms with E-state index in [0.717, 1.165) is 6.26 Å². The molecule has 2 saturated heterocycles. The molecule has 4 atom stereocenters. The summed E-state index contributed by atoms with van der Waals surface area (Å²) < 4.78 is 42.2. The lowest BCUT2D eigenvalue weighted by Crippen LogP contribution is -2.44. The minimum Gasteiger partial charge on any atom is -0.463 e. The summed E-state index contributed by atoms with van der Waals surface area (Å²) in [4.78, 5) is 8.65. The molecule has 134 valence electrons. The molecule has 2 aromatic heterocycles. The molecule has 2 aliphatic heterocycles. The van der Waals surface area contributed by atoms with Crippen molar-refractivity contribution >= 4 is 16.0 Å². The molecule has 4 heterocycles. The van der Waals surface area contributed by atoms with E-state index in [9.17, 15) is 8.42 Å². The van der Waals surface area contributed by atoms with E-state index in [1.54, 1.807) is 24.6 Å². The van der Waals surface area contributed by atoms with Crippen LogP contribution in [0.1, 0.15) is 0 Å². The van der Waals surface area contributed by atoms with E-state index >= 15 is 0 Å². The quantitative estimate of drug-likeness (QED) is 0.773. The Bertz CT molecular complexity index is 841. The van der Waals surface area contributed by atoms with Crippen LogP contribution in [0.15, 0.2) is 35.1 Å². The highest BCUT2D eigenvalue weighted by Gasteiger charge is 2.48. The lowest BCUT2D eigenvalue weighted by atomic mass is 10.1. The summed E-state index contributed by atoms with van der Waals surface area (Å²) in [5, 5.41) is 3.21. The molecular weight excluding hydrogens is 348 g/mol. The van der Waals surface area contributed by atoms with Crippen molar-refractivity contribution in [1.82, 2.24) is 14.7 Å². The second-order valence-corrected chi connectivity index (χ2v) is 7.87. The van der Waals surface area contributed by atoms with Gasteiger partial charge in [-0.3, -0.25) is 0 Å². The van der Waals surface area contributed by atoms with Crippen molar-refractivity contribution in [1.29, 1.82) is 0 Å². The maximum absolute atomic E-state index is 11.4. The minimum absolute atomic E-state index is 0.164. The van der Waals surface area contributed by atoms with Gasteiger partial charge in [-0.2, -0.15) is 0 Å². The molecule has 0 spiro atoms. The predicted octanol–water partition coefficient (Wildman–Crippen LogP) is 0.233. The highest BCUT2D eigenvalue weighted by atomic mass is 32.2. The standard InChI is InChI=1S/C15H18N4O5S/c1-25(20,21)19-11-8-24-13-10(7-23-14(11)13)18-15-16-5-4-9(17-15)12-3-2-6-22-12/h2-6,10-11,13-14,19H,7-8H2,1H3,(H,16,17,18)/t10-,11-,13+,14+/m0/s1. The first-order chi connectivity index (χ1) is 12.0. The third kappa shape index (κ3) is 3.52. The Morgan fingerprint density at radius 2 is 1.92 bits per heavy atom. The molecule has 0 radical (unpaired) electrons. The summed E-state index contributed by atoms with van der Waals surface area (Å²) in [6.07, 6.45) is 3.75. The van der Waals surface area contributed by atoms with Gasteiger partial charge < -0.3 is 19.2 Å². The molecule has 0 aliphatic carbocycles. The topological polar surface area (TPSA) is 116 Å². The first-order valence-electron chi connectivity index (χ1n) is 7.83. The number of nitrogens with zero attached hydrogens (tertiary/aromatic N) is 2. The van der Waals surface area contributed by atoms with Crippen LogP contribution in [0.2, 0.25) is 0 Å². The fraction of sp³-hybridized carbons (Fsp3) is 0.467. The number of fused-ring (bicyclic) bond motifs is 1. The van der Waals surface area contributed by atoms with Gasteiger partial charge in [0.15, 0.2) is 5.76 Å². The van der Waals surface area contributed by atoms with Gasteiger partial charge in [0.1, 0.15) is 17.9 Å². The summed E-state index contributed by atoms with van der Waals surface area (Å²) in [6, 6.07) is 4.82. The molecule has 2 N–H and O–H groups in total. The Labute approximate surface area is 144 Å². The second-order valence-electron chi connectivity index (χ2n) is 6.09. The van der Waals surface area contributed by atoms with E-state index in [0.29, 0.717) is 24.0 Å². The van der Waals surface area contributed by atoms with Crippen molar-refractivity contribution in [2.24, 2.45) is 0 Å². The van der Waals surface area contributed by atoms with Gasteiger partial charge in [0.25, 0.3) is 0 Å². The zero-order chi connectivity index (χ0) is 17.4. The summed E-state index contributed by atoms with van der Waals surface area (Å²) in [5.74, 6) is 1.09. The number of hydrogen-bond acceptors (Lipinski definition) is 8. The molecule has 0 saturated carbocycles. The molecule has 0 unspecified atom stereocenters. The summed E-state index contributed by atoms with van der Waals surface area (Å²) >= 11 is 0. The number of aromatic nitrogens is 2. The van der Waals surface area contributed by atoms with Crippen molar-refractivity contribution in [3.63, 3.8) is 0 Å². The van der Waals surface area contributed by atoms with Gasteiger partial charge in [-0.1, -0.05) is 0 Å². The minimum atomic E-state index is -3.32. The summed E-state index contributed by atoms with van der Waals surface area (Å²) in [5.41, 5.74) is 0.668. The number of furan rings is 1. The molecule has 0 bridgehead atoms. The van der Waals surface area contributed by atoms with E-state index < -0.39 is 10.0 Å².